The van der Waals surface area contributed by atoms with Crippen LogP contribution in [0.2, 0.25) is 0 Å². The van der Waals surface area contributed by atoms with Gasteiger partial charge in [0.1, 0.15) is 17.1 Å². The number of amides is 2. The number of hydroxylamine groups is 2. The predicted octanol–water partition coefficient (Wildman–Crippen LogP) is 10.1. The molecule has 2 atom stereocenters. The number of nitrogens with zero attached hydrogens (tertiary/aromatic N) is 3. The van der Waals surface area contributed by atoms with Gasteiger partial charge in [0, 0.05) is 24.1 Å². The molecule has 0 spiro atoms. The van der Waals surface area contributed by atoms with Gasteiger partial charge in [-0.3, -0.25) is 14.4 Å². The molecule has 0 saturated carbocycles. The van der Waals surface area contributed by atoms with E-state index < -0.39 is 31.4 Å². The van der Waals surface area contributed by atoms with Gasteiger partial charge in [-0.2, -0.15) is 5.26 Å². The smallest absolute Gasteiger partial charge is 0.285 e. The fourth-order valence-corrected chi connectivity index (χ4v) is 9.19. The number of methoxy groups -OCH3 is 2. The maximum Gasteiger partial charge on any atom is 0.285 e. The first kappa shape index (κ1) is 48.3. The molecule has 62 heavy (non-hydrogen) atoms. The van der Waals surface area contributed by atoms with Crippen molar-refractivity contribution in [3.8, 4) is 17.6 Å². The van der Waals surface area contributed by atoms with E-state index in [0.29, 0.717) is 30.8 Å². The van der Waals surface area contributed by atoms with Crippen molar-refractivity contribution >= 4 is 20.3 Å². The van der Waals surface area contributed by atoms with Crippen LogP contribution in [0.15, 0.2) is 103 Å². The second kappa shape index (κ2) is 23.7. The Morgan fingerprint density at radius 1 is 0.645 bits per heavy atom. The van der Waals surface area contributed by atoms with Crippen molar-refractivity contribution in [1.29, 1.82) is 5.26 Å². The summed E-state index contributed by atoms with van der Waals surface area (Å²) in [6.45, 7) is 12.4. The number of carbonyl (C=O) groups is 2. The van der Waals surface area contributed by atoms with E-state index in [2.05, 4.69) is 57.5 Å². The molecule has 5 rings (SSSR count). The Morgan fingerprint density at radius 3 is 1.68 bits per heavy atom. The summed E-state index contributed by atoms with van der Waals surface area (Å²) in [6, 6.07) is 35.3. The maximum absolute atomic E-state index is 12.6. The number of fused-ring (bicyclic) bond motifs is 1. The first-order valence-electron chi connectivity index (χ1n) is 21.4. The first-order valence-corrected chi connectivity index (χ1v) is 22.5. The lowest BCUT2D eigenvalue weighted by molar-refractivity contribution is -0.0924. The third-order valence-corrected chi connectivity index (χ3v) is 12.7. The van der Waals surface area contributed by atoms with Crippen LogP contribution >= 0.6 is 8.53 Å². The summed E-state index contributed by atoms with van der Waals surface area (Å²) in [4.78, 5) is 30.9. The molecule has 12 nitrogen and oxygen atoms in total. The van der Waals surface area contributed by atoms with Crippen LogP contribution in [0.5, 0.6) is 11.5 Å². The lowest BCUT2D eigenvalue weighted by atomic mass is 9.79. The van der Waals surface area contributed by atoms with E-state index in [4.69, 9.17) is 32.8 Å². The van der Waals surface area contributed by atoms with Gasteiger partial charge in [-0.25, -0.2) is 4.67 Å². The van der Waals surface area contributed by atoms with Gasteiger partial charge in [0.2, 0.25) is 0 Å². The lowest BCUT2D eigenvalue weighted by Gasteiger charge is -2.41. The van der Waals surface area contributed by atoms with E-state index in [1.807, 2.05) is 66.7 Å². The molecule has 0 aliphatic carbocycles. The van der Waals surface area contributed by atoms with Gasteiger partial charge in [-0.1, -0.05) is 86.5 Å². The third-order valence-electron chi connectivity index (χ3n) is 10.6. The van der Waals surface area contributed by atoms with E-state index in [1.54, 1.807) is 38.5 Å². The molecule has 1 heterocycles. The molecular weight excluding hydrogens is 806 g/mol. The molecule has 0 aromatic heterocycles. The average Bonchev–Trinajstić information content (AvgIpc) is 3.53. The van der Waals surface area contributed by atoms with Crippen molar-refractivity contribution in [2.45, 2.75) is 84.4 Å². The minimum Gasteiger partial charge on any atom is -0.497 e. The van der Waals surface area contributed by atoms with Crippen molar-refractivity contribution in [3.05, 3.63) is 131 Å². The minimum atomic E-state index is -1.53. The van der Waals surface area contributed by atoms with Gasteiger partial charge in [0.25, 0.3) is 20.3 Å². The Hall–Kier alpha value is -4.70. The predicted molar refractivity (Wildman–Crippen MR) is 240 cm³/mol. The fourth-order valence-electron chi connectivity index (χ4n) is 7.42. The van der Waals surface area contributed by atoms with Crippen LogP contribution in [0.4, 0.5) is 0 Å². The zero-order chi connectivity index (χ0) is 44.5. The summed E-state index contributed by atoms with van der Waals surface area (Å²) in [5, 5.41) is 10.2. The largest absolute Gasteiger partial charge is 0.497 e. The number of nitriles is 1. The van der Waals surface area contributed by atoms with Crippen molar-refractivity contribution < 1.29 is 42.4 Å². The summed E-state index contributed by atoms with van der Waals surface area (Å²) in [7, 11) is 1.78. The van der Waals surface area contributed by atoms with E-state index >= 15 is 0 Å². The lowest BCUT2D eigenvalue weighted by Crippen LogP contribution is -2.41. The number of rotatable bonds is 27. The first-order chi connectivity index (χ1) is 30.0. The minimum absolute atomic E-state index is 0.135. The van der Waals surface area contributed by atoms with Crippen LogP contribution in [0, 0.1) is 16.7 Å². The van der Waals surface area contributed by atoms with Crippen LogP contribution in [0.1, 0.15) is 104 Å². The molecule has 4 aromatic carbocycles. The van der Waals surface area contributed by atoms with E-state index in [-0.39, 0.29) is 44.9 Å². The molecule has 2 amide bonds. The molecule has 0 bridgehead atoms. The van der Waals surface area contributed by atoms with Gasteiger partial charge < -0.3 is 28.0 Å². The molecule has 0 radical (unpaired) electrons. The molecule has 1 aliphatic heterocycles. The van der Waals surface area contributed by atoms with Gasteiger partial charge in [-0.05, 0) is 93.6 Å². The monoisotopic (exact) mass is 867 g/mol. The highest BCUT2D eigenvalue weighted by molar-refractivity contribution is 7.44. The average molecular weight is 868 g/mol. The van der Waals surface area contributed by atoms with Gasteiger partial charge in [-0.15, -0.1) is 5.06 Å². The standard InChI is InChI=1S/C49H62N3O9P/c1-37(2)52(38(3)4)62(60-33-17-30-50)61-36-48(5,34-57-31-15-8-9-16-32-59-51-46(53)44-20-13-14-21-45(44)47(51)54)35-58-49(39-18-11-10-12-19-39,40-22-26-42(55-6)27-23-40)41-24-28-43(56-7)29-25-41/h10-14,18-29,37-38H,8-9,15-17,31-36H2,1-7H3. The zero-order valence-corrected chi connectivity index (χ0v) is 38.1. The highest BCUT2D eigenvalue weighted by Gasteiger charge is 2.42. The molecule has 0 N–H and O–H groups in total. The molecule has 332 valence electrons. The van der Waals surface area contributed by atoms with Crippen LogP contribution in [0.25, 0.3) is 0 Å². The highest BCUT2D eigenvalue weighted by Crippen LogP contribution is 2.48. The SMILES string of the molecule is COc1ccc(C(OCC(C)(COCCCCCCON2C(=O)c3ccccc3C2=O)COP(OCCC#N)N(C(C)C)C(C)C)(c2ccccc2)c2ccc(OC)cc2)cc1. The molecular formula is C49H62N3O9P. The molecule has 0 fully saturated rings. The Balaban J connectivity index is 1.33. The quantitative estimate of drug-likeness (QED) is 0.0246. The Morgan fingerprint density at radius 2 is 1.16 bits per heavy atom. The molecule has 2 unspecified atom stereocenters. The van der Waals surface area contributed by atoms with Gasteiger partial charge in [0.15, 0.2) is 0 Å². The summed E-state index contributed by atoms with van der Waals surface area (Å²) >= 11 is 0. The Labute approximate surface area is 368 Å². The number of imide groups is 1. The summed E-state index contributed by atoms with van der Waals surface area (Å²) in [5.41, 5.74) is 1.79. The fraction of sp³-hybridized carbons (Fsp3) is 0.449. The number of unbranched alkanes of at least 4 members (excludes halogenated alkanes) is 3. The highest BCUT2D eigenvalue weighted by atomic mass is 31.2. The number of ether oxygens (including phenoxy) is 4. The van der Waals surface area contributed by atoms with Crippen molar-refractivity contribution in [2.24, 2.45) is 5.41 Å². The third kappa shape index (κ3) is 12.3. The van der Waals surface area contributed by atoms with Crippen molar-refractivity contribution in [1.82, 2.24) is 9.73 Å². The van der Waals surface area contributed by atoms with Gasteiger partial charge in [0.05, 0.1) is 70.9 Å². The van der Waals surface area contributed by atoms with Crippen molar-refractivity contribution in [3.63, 3.8) is 0 Å². The van der Waals surface area contributed by atoms with Crippen LogP contribution in [-0.4, -0.2) is 87.5 Å². The summed E-state index contributed by atoms with van der Waals surface area (Å²) < 4.78 is 40.3. The van der Waals surface area contributed by atoms with Crippen LogP contribution < -0.4 is 9.47 Å². The second-order valence-corrected chi connectivity index (χ2v) is 17.6. The zero-order valence-electron chi connectivity index (χ0n) is 37.2. The second-order valence-electron chi connectivity index (χ2n) is 16.2. The number of hydrogen-bond acceptors (Lipinski definition) is 11. The molecule has 0 saturated heterocycles. The van der Waals surface area contributed by atoms with Gasteiger partial charge >= 0.3 is 0 Å². The Bertz CT molecular complexity index is 1950. The summed E-state index contributed by atoms with van der Waals surface area (Å²) in [6.07, 6.45) is 3.45. The van der Waals surface area contributed by atoms with Crippen molar-refractivity contribution in [2.75, 3.05) is 53.9 Å². The Kier molecular flexibility index (Phi) is 18.4. The van der Waals surface area contributed by atoms with E-state index in [1.165, 1.54) is 0 Å². The maximum atomic E-state index is 12.6. The molecule has 4 aromatic rings. The van der Waals surface area contributed by atoms with Crippen LogP contribution in [0.3, 0.4) is 0 Å². The normalized spacial score (nSPS) is 14.3. The molecule has 13 heteroatoms. The molecule has 1 aliphatic rings. The van der Waals surface area contributed by atoms with E-state index in [9.17, 15) is 14.9 Å². The van der Waals surface area contributed by atoms with E-state index in [0.717, 1.165) is 52.5 Å². The number of carbonyl (C=O) groups excluding carboxylic acids is 2. The summed E-state index contributed by atoms with van der Waals surface area (Å²) in [5.74, 6) is 0.617. The topological polar surface area (TPSA) is 129 Å². The van der Waals surface area contributed by atoms with Crippen LogP contribution in [-0.2, 0) is 29.0 Å². The number of hydrogen-bond donors (Lipinski definition) is 0. The number of benzene rings is 4.